The summed E-state index contributed by atoms with van der Waals surface area (Å²) in [5, 5.41) is 25.3. The van der Waals surface area contributed by atoms with Gasteiger partial charge in [-0.1, -0.05) is 25.0 Å². The van der Waals surface area contributed by atoms with Crippen molar-refractivity contribution in [2.75, 3.05) is 13.2 Å². The molecule has 1 aromatic heterocycles. The van der Waals surface area contributed by atoms with E-state index in [1.165, 1.54) is 0 Å². The summed E-state index contributed by atoms with van der Waals surface area (Å²) in [6.45, 7) is 2.50. The number of nitrogens with one attached hydrogen (secondary N) is 1. The predicted octanol–water partition coefficient (Wildman–Crippen LogP) is 1.53. The van der Waals surface area contributed by atoms with Crippen molar-refractivity contribution in [1.29, 1.82) is 0 Å². The zero-order valence-electron chi connectivity index (χ0n) is 14.2. The minimum absolute atomic E-state index is 0.171. The topological polar surface area (TPSA) is 104 Å². The van der Waals surface area contributed by atoms with Crippen LogP contribution in [0.25, 0.3) is 5.69 Å². The molecule has 0 fully saturated rings. The molecule has 1 aromatic carbocycles. The summed E-state index contributed by atoms with van der Waals surface area (Å²) in [5.41, 5.74) is 0.788. The Bertz CT molecular complexity index is 786. The number of carbonyl (C=O) groups excluding carboxylic acids is 1. The van der Waals surface area contributed by atoms with Gasteiger partial charge < -0.3 is 15.5 Å². The fourth-order valence-corrected chi connectivity index (χ4v) is 2.43. The summed E-state index contributed by atoms with van der Waals surface area (Å²) in [4.78, 5) is 24.3. The van der Waals surface area contributed by atoms with Crippen molar-refractivity contribution in [3.05, 3.63) is 51.9 Å². The number of benzene rings is 1. The first-order valence-electron chi connectivity index (χ1n) is 8.32. The Morgan fingerprint density at radius 2 is 1.96 bits per heavy atom. The van der Waals surface area contributed by atoms with E-state index >= 15 is 0 Å². The zero-order chi connectivity index (χ0) is 18.2. The average Bonchev–Trinajstić information content (AvgIpc) is 2.58. The van der Waals surface area contributed by atoms with Crippen LogP contribution in [-0.4, -0.2) is 39.1 Å². The molecule has 0 unspecified atom stereocenters. The quantitative estimate of drug-likeness (QED) is 0.629. The number of aromatic nitrogens is 2. The van der Waals surface area contributed by atoms with E-state index in [-0.39, 0.29) is 12.3 Å². The Balaban J connectivity index is 2.11. The maximum Gasteiger partial charge on any atom is 0.275 e. The van der Waals surface area contributed by atoms with Gasteiger partial charge in [0.2, 0.25) is 0 Å². The van der Waals surface area contributed by atoms with Crippen molar-refractivity contribution in [2.24, 2.45) is 0 Å². The molecule has 25 heavy (non-hydrogen) atoms. The molecular weight excluding hydrogens is 322 g/mol. The molecule has 2 aromatic rings. The minimum Gasteiger partial charge on any atom is -0.505 e. The molecule has 3 N–H and O–H groups in total. The third-order valence-corrected chi connectivity index (χ3v) is 3.74. The molecule has 7 nitrogen and oxygen atoms in total. The third kappa shape index (κ3) is 5.15. The first kappa shape index (κ1) is 18.7. The summed E-state index contributed by atoms with van der Waals surface area (Å²) in [6.07, 6.45) is 3.30. The Labute approximate surface area is 145 Å². The average molecular weight is 345 g/mol. The van der Waals surface area contributed by atoms with Crippen LogP contribution in [0.4, 0.5) is 0 Å². The number of carbonyl (C=O) groups is 1. The highest BCUT2D eigenvalue weighted by Gasteiger charge is 2.16. The molecule has 7 heteroatoms. The van der Waals surface area contributed by atoms with Crippen LogP contribution in [0.3, 0.4) is 0 Å². The number of aliphatic hydroxyl groups is 1. The van der Waals surface area contributed by atoms with Gasteiger partial charge in [0, 0.05) is 19.2 Å². The fourth-order valence-electron chi connectivity index (χ4n) is 2.43. The molecule has 1 heterocycles. The fraction of sp³-hybridized carbons (Fsp3) is 0.389. The van der Waals surface area contributed by atoms with E-state index in [4.69, 9.17) is 5.11 Å². The van der Waals surface area contributed by atoms with E-state index in [2.05, 4.69) is 10.4 Å². The molecule has 0 aliphatic rings. The summed E-state index contributed by atoms with van der Waals surface area (Å²) in [6, 6.07) is 8.15. The van der Waals surface area contributed by atoms with Gasteiger partial charge in [0.25, 0.3) is 11.5 Å². The number of aryl methyl sites for hydroxylation is 1. The van der Waals surface area contributed by atoms with Crippen molar-refractivity contribution in [2.45, 2.75) is 32.6 Å². The van der Waals surface area contributed by atoms with Crippen molar-refractivity contribution in [1.82, 2.24) is 15.1 Å². The maximum atomic E-state index is 12.2. The molecule has 0 spiro atoms. The van der Waals surface area contributed by atoms with Gasteiger partial charge in [-0.05, 0) is 37.5 Å². The van der Waals surface area contributed by atoms with Crippen LogP contribution in [-0.2, 0) is 0 Å². The normalized spacial score (nSPS) is 10.6. The van der Waals surface area contributed by atoms with Gasteiger partial charge in [0.1, 0.15) is 0 Å². The van der Waals surface area contributed by atoms with Gasteiger partial charge in [-0.3, -0.25) is 9.59 Å². The highest BCUT2D eigenvalue weighted by atomic mass is 16.3. The Kier molecular flexibility index (Phi) is 6.71. The summed E-state index contributed by atoms with van der Waals surface area (Å²) in [5.74, 6) is -0.965. The Hall–Kier alpha value is -2.67. The molecule has 1 amide bonds. The SMILES string of the molecule is Cc1cccc(-n2nc(C(=O)NCCCCCCO)c(O)cc2=O)c1. The molecule has 0 saturated heterocycles. The van der Waals surface area contributed by atoms with Gasteiger partial charge in [0.05, 0.1) is 5.69 Å². The van der Waals surface area contributed by atoms with E-state index in [1.807, 2.05) is 13.0 Å². The number of hydrogen-bond acceptors (Lipinski definition) is 5. The Morgan fingerprint density at radius 1 is 1.20 bits per heavy atom. The molecule has 0 aliphatic heterocycles. The maximum absolute atomic E-state index is 12.2. The molecule has 0 aliphatic carbocycles. The lowest BCUT2D eigenvalue weighted by Crippen LogP contribution is -2.29. The zero-order valence-corrected chi connectivity index (χ0v) is 14.2. The van der Waals surface area contributed by atoms with Crippen LogP contribution in [0.2, 0.25) is 0 Å². The summed E-state index contributed by atoms with van der Waals surface area (Å²) < 4.78 is 1.10. The number of rotatable bonds is 8. The first-order chi connectivity index (χ1) is 12.0. The smallest absolute Gasteiger partial charge is 0.275 e. The van der Waals surface area contributed by atoms with Crippen LogP contribution in [0, 0.1) is 6.92 Å². The van der Waals surface area contributed by atoms with Gasteiger partial charge in [-0.15, -0.1) is 0 Å². The van der Waals surface area contributed by atoms with Gasteiger partial charge in [0.15, 0.2) is 11.4 Å². The molecule has 134 valence electrons. The number of unbranched alkanes of at least 4 members (excludes halogenated alkanes) is 3. The van der Waals surface area contributed by atoms with E-state index < -0.39 is 17.2 Å². The van der Waals surface area contributed by atoms with E-state index in [1.54, 1.807) is 18.2 Å². The van der Waals surface area contributed by atoms with Crippen molar-refractivity contribution >= 4 is 5.91 Å². The molecule has 0 saturated carbocycles. The van der Waals surface area contributed by atoms with Crippen LogP contribution in [0.15, 0.2) is 35.1 Å². The lowest BCUT2D eigenvalue weighted by Gasteiger charge is -2.10. The number of aromatic hydroxyl groups is 1. The molecule has 0 atom stereocenters. The van der Waals surface area contributed by atoms with Gasteiger partial charge >= 0.3 is 0 Å². The molecular formula is C18H23N3O4. The Morgan fingerprint density at radius 3 is 2.68 bits per heavy atom. The monoisotopic (exact) mass is 345 g/mol. The largest absolute Gasteiger partial charge is 0.505 e. The molecule has 2 rings (SSSR count). The van der Waals surface area contributed by atoms with Crippen molar-refractivity contribution < 1.29 is 15.0 Å². The van der Waals surface area contributed by atoms with Crippen LogP contribution >= 0.6 is 0 Å². The molecule has 0 bridgehead atoms. The van der Waals surface area contributed by atoms with Gasteiger partial charge in [-0.2, -0.15) is 9.78 Å². The number of amides is 1. The summed E-state index contributed by atoms with van der Waals surface area (Å²) in [7, 11) is 0. The standard InChI is InChI=1S/C18H23N3O4/c1-13-7-6-8-14(11-13)21-16(24)12-15(23)17(20-21)18(25)19-9-4-2-3-5-10-22/h6-8,11-12,22-23H,2-5,9-10H2,1H3,(H,19,25). The second-order valence-corrected chi connectivity index (χ2v) is 5.86. The number of hydrogen-bond donors (Lipinski definition) is 3. The highest BCUT2D eigenvalue weighted by Crippen LogP contribution is 2.13. The highest BCUT2D eigenvalue weighted by molar-refractivity contribution is 5.94. The van der Waals surface area contributed by atoms with E-state index in [9.17, 15) is 14.7 Å². The van der Waals surface area contributed by atoms with Crippen molar-refractivity contribution in [3.8, 4) is 11.4 Å². The lowest BCUT2D eigenvalue weighted by atomic mass is 10.2. The van der Waals surface area contributed by atoms with Crippen LogP contribution < -0.4 is 10.9 Å². The van der Waals surface area contributed by atoms with Crippen LogP contribution in [0.1, 0.15) is 41.7 Å². The minimum atomic E-state index is -0.527. The second-order valence-electron chi connectivity index (χ2n) is 5.86. The second kappa shape index (κ2) is 8.98. The lowest BCUT2D eigenvalue weighted by molar-refractivity contribution is 0.0943. The van der Waals surface area contributed by atoms with Gasteiger partial charge in [-0.25, -0.2) is 0 Å². The summed E-state index contributed by atoms with van der Waals surface area (Å²) >= 11 is 0. The van der Waals surface area contributed by atoms with E-state index in [0.717, 1.165) is 42.0 Å². The predicted molar refractivity (Wildman–Crippen MR) is 94.1 cm³/mol. The first-order valence-corrected chi connectivity index (χ1v) is 8.32. The van der Waals surface area contributed by atoms with E-state index in [0.29, 0.717) is 12.2 Å². The van der Waals surface area contributed by atoms with Crippen molar-refractivity contribution in [3.63, 3.8) is 0 Å². The number of nitrogens with zero attached hydrogens (tertiary/aromatic N) is 2. The van der Waals surface area contributed by atoms with Crippen LogP contribution in [0.5, 0.6) is 5.75 Å². The molecule has 0 radical (unpaired) electrons. The third-order valence-electron chi connectivity index (χ3n) is 3.74. The number of aliphatic hydroxyl groups excluding tert-OH is 1.